The standard InChI is InChI=1S/C12H19N.C10H12O.C9H10O2.C4H6O3.C2H7N/c1-4-13-11(3)9-12-7-5-6-10(2)8-12;1-8-4-3-5-10(6-8)7-9(2)11;1-7-3-2-4-8(5-7)6-9(10)11;1-3(5)7-4(2)6;1-2-3/h5-8,11,13H,4,9H2,1-3H3;3-6H,7H2,1-2H3;2-5H,6H2,1H3,(H,10,11);1-2H3;2-3H2,1H3. The summed E-state index contributed by atoms with van der Waals surface area (Å²) in [5.74, 6) is -1.69. The van der Waals surface area contributed by atoms with Crippen LogP contribution in [0.15, 0.2) is 72.8 Å². The van der Waals surface area contributed by atoms with E-state index in [2.05, 4.69) is 55.1 Å². The summed E-state index contributed by atoms with van der Waals surface area (Å²) in [5, 5.41) is 11.9. The molecule has 3 aromatic carbocycles. The molecule has 0 saturated heterocycles. The molecule has 0 radical (unpaired) electrons. The normalized spacial score (nSPS) is 10.0. The number of aliphatic carboxylic acids is 1. The van der Waals surface area contributed by atoms with E-state index < -0.39 is 17.9 Å². The lowest BCUT2D eigenvalue weighted by atomic mass is 10.1. The smallest absolute Gasteiger partial charge is 0.310 e. The van der Waals surface area contributed by atoms with Crippen LogP contribution in [0.25, 0.3) is 0 Å². The highest BCUT2D eigenvalue weighted by Gasteiger charge is 2.01. The average Bonchev–Trinajstić information content (AvgIpc) is 2.89. The number of ketones is 1. The van der Waals surface area contributed by atoms with Gasteiger partial charge in [0, 0.05) is 26.3 Å². The molecule has 0 amide bonds. The van der Waals surface area contributed by atoms with Crippen LogP contribution in [-0.2, 0) is 43.2 Å². The van der Waals surface area contributed by atoms with Crippen molar-refractivity contribution in [3.05, 3.63) is 106 Å². The number of esters is 2. The predicted octanol–water partition coefficient (Wildman–Crippen LogP) is 6.35. The topological polar surface area (TPSA) is 136 Å². The summed E-state index contributed by atoms with van der Waals surface area (Å²) in [6.07, 6.45) is 1.79. The van der Waals surface area contributed by atoms with Crippen LogP contribution < -0.4 is 11.1 Å². The molecular weight excluding hydrogens is 568 g/mol. The molecule has 0 aliphatic heterocycles. The van der Waals surface area contributed by atoms with Gasteiger partial charge in [0.05, 0.1) is 6.42 Å². The molecule has 0 saturated carbocycles. The number of hydrogen-bond acceptors (Lipinski definition) is 7. The Morgan fingerprint density at radius 3 is 1.42 bits per heavy atom. The SMILES string of the molecule is CC(=O)Cc1cccc(C)c1.CC(=O)OC(C)=O.CCN.CCNC(C)Cc1cccc(C)c1.Cc1cccc(CC(=O)O)c1. The Morgan fingerprint density at radius 2 is 1.11 bits per heavy atom. The van der Waals surface area contributed by atoms with Crippen molar-refractivity contribution in [2.45, 2.75) is 87.6 Å². The van der Waals surface area contributed by atoms with Crippen LogP contribution in [0.3, 0.4) is 0 Å². The summed E-state index contributed by atoms with van der Waals surface area (Å²) in [6, 6.07) is 24.9. The van der Waals surface area contributed by atoms with E-state index in [9.17, 15) is 19.2 Å². The molecule has 4 N–H and O–H groups in total. The van der Waals surface area contributed by atoms with Gasteiger partial charge in [0.2, 0.25) is 0 Å². The summed E-state index contributed by atoms with van der Waals surface area (Å²) in [6.45, 7) is 18.2. The molecule has 0 aliphatic rings. The van der Waals surface area contributed by atoms with Gasteiger partial charge in [-0.3, -0.25) is 19.2 Å². The van der Waals surface area contributed by atoms with Gasteiger partial charge >= 0.3 is 17.9 Å². The van der Waals surface area contributed by atoms with Gasteiger partial charge < -0.3 is 20.9 Å². The number of carboxylic acid groups (broad SMARTS) is 1. The zero-order valence-electron chi connectivity index (χ0n) is 28.6. The van der Waals surface area contributed by atoms with Gasteiger partial charge in [0.1, 0.15) is 5.78 Å². The number of Topliss-reactive ketones (excluding diaryl/α,β-unsaturated/α-hetero) is 1. The van der Waals surface area contributed by atoms with Crippen LogP contribution in [0.5, 0.6) is 0 Å². The number of aryl methyl sites for hydroxylation is 3. The first-order chi connectivity index (χ1) is 21.1. The number of ether oxygens (including phenoxy) is 1. The van der Waals surface area contributed by atoms with Crippen molar-refractivity contribution in [1.82, 2.24) is 5.32 Å². The van der Waals surface area contributed by atoms with Crippen molar-refractivity contribution >= 4 is 23.7 Å². The Bertz CT molecular complexity index is 1220. The molecule has 248 valence electrons. The Hall–Kier alpha value is -4.14. The Balaban J connectivity index is 0. The van der Waals surface area contributed by atoms with Crippen molar-refractivity contribution in [2.75, 3.05) is 13.1 Å². The molecular formula is C37H54N2O6. The van der Waals surface area contributed by atoms with Crippen molar-refractivity contribution in [3.63, 3.8) is 0 Å². The third-order valence-corrected chi connectivity index (χ3v) is 5.44. The lowest BCUT2D eigenvalue weighted by molar-refractivity contribution is -0.156. The fraction of sp³-hybridized carbons (Fsp3) is 0.405. The van der Waals surface area contributed by atoms with Crippen LogP contribution in [0, 0.1) is 20.8 Å². The molecule has 0 aliphatic carbocycles. The second-order valence-corrected chi connectivity index (χ2v) is 10.6. The maximum Gasteiger partial charge on any atom is 0.310 e. The summed E-state index contributed by atoms with van der Waals surface area (Å²) in [5.41, 5.74) is 11.9. The number of nitrogens with two attached hydrogens (primary N) is 1. The van der Waals surface area contributed by atoms with Crippen LogP contribution in [0.4, 0.5) is 0 Å². The molecule has 0 spiro atoms. The zero-order valence-corrected chi connectivity index (χ0v) is 28.6. The summed E-state index contributed by atoms with van der Waals surface area (Å²) in [4.78, 5) is 40.6. The van der Waals surface area contributed by atoms with Crippen LogP contribution in [-0.4, -0.2) is 47.9 Å². The summed E-state index contributed by atoms with van der Waals surface area (Å²) >= 11 is 0. The average molecular weight is 623 g/mol. The van der Waals surface area contributed by atoms with Gasteiger partial charge in [0.25, 0.3) is 0 Å². The maximum absolute atomic E-state index is 10.7. The molecule has 0 fully saturated rings. The van der Waals surface area contributed by atoms with Gasteiger partial charge in [-0.25, -0.2) is 0 Å². The van der Waals surface area contributed by atoms with E-state index in [0.29, 0.717) is 12.5 Å². The van der Waals surface area contributed by atoms with E-state index in [-0.39, 0.29) is 12.2 Å². The molecule has 1 atom stereocenters. The number of rotatable bonds is 8. The first-order valence-corrected chi connectivity index (χ1v) is 15.1. The van der Waals surface area contributed by atoms with E-state index in [1.54, 1.807) is 6.92 Å². The van der Waals surface area contributed by atoms with Gasteiger partial charge in [-0.2, -0.15) is 0 Å². The first-order valence-electron chi connectivity index (χ1n) is 15.1. The lowest BCUT2D eigenvalue weighted by Crippen LogP contribution is -2.27. The molecule has 45 heavy (non-hydrogen) atoms. The number of carbonyl (C=O) groups is 4. The van der Waals surface area contributed by atoms with Gasteiger partial charge in [-0.1, -0.05) is 103 Å². The minimum atomic E-state index is -0.782. The van der Waals surface area contributed by atoms with Crippen molar-refractivity contribution in [1.29, 1.82) is 0 Å². The molecule has 3 rings (SSSR count). The monoisotopic (exact) mass is 622 g/mol. The number of carboxylic acids is 1. The quantitative estimate of drug-likeness (QED) is 0.195. The number of nitrogens with one attached hydrogen (secondary N) is 1. The van der Waals surface area contributed by atoms with Crippen LogP contribution in [0.1, 0.15) is 74.9 Å². The fourth-order valence-corrected chi connectivity index (χ4v) is 3.92. The third kappa shape index (κ3) is 28.4. The first kappa shape index (κ1) is 43.0. The van der Waals surface area contributed by atoms with Crippen LogP contribution in [0.2, 0.25) is 0 Å². The van der Waals surface area contributed by atoms with Crippen molar-refractivity contribution in [2.24, 2.45) is 5.73 Å². The molecule has 0 aromatic heterocycles. The maximum atomic E-state index is 10.7. The highest BCUT2D eigenvalue weighted by atomic mass is 16.6. The number of hydrogen-bond donors (Lipinski definition) is 3. The number of likely N-dealkylation sites (N-methyl/N-ethyl adjacent to an activating group) is 1. The second kappa shape index (κ2) is 26.3. The molecule has 1 unspecified atom stereocenters. The Kier molecular flexibility index (Phi) is 25.1. The van der Waals surface area contributed by atoms with Gasteiger partial charge in [0.15, 0.2) is 0 Å². The minimum absolute atomic E-state index is 0.113. The largest absolute Gasteiger partial charge is 0.481 e. The fourth-order valence-electron chi connectivity index (χ4n) is 3.92. The zero-order chi connectivity index (χ0) is 34.8. The van der Waals surface area contributed by atoms with E-state index in [1.807, 2.05) is 69.3 Å². The molecule has 3 aromatic rings. The van der Waals surface area contributed by atoms with E-state index >= 15 is 0 Å². The second-order valence-electron chi connectivity index (χ2n) is 10.6. The number of benzene rings is 3. The molecule has 0 heterocycles. The summed E-state index contributed by atoms with van der Waals surface area (Å²) in [7, 11) is 0. The Morgan fingerprint density at radius 1 is 0.733 bits per heavy atom. The third-order valence-electron chi connectivity index (χ3n) is 5.44. The molecule has 8 heteroatoms. The minimum Gasteiger partial charge on any atom is -0.481 e. The molecule has 8 nitrogen and oxygen atoms in total. The Labute approximate surface area is 270 Å². The predicted molar refractivity (Wildman–Crippen MR) is 183 cm³/mol. The highest BCUT2D eigenvalue weighted by Crippen LogP contribution is 2.07. The molecule has 0 bridgehead atoms. The van der Waals surface area contributed by atoms with Crippen molar-refractivity contribution in [3.8, 4) is 0 Å². The van der Waals surface area contributed by atoms with Crippen LogP contribution >= 0.6 is 0 Å². The lowest BCUT2D eigenvalue weighted by Gasteiger charge is -2.12. The number of carbonyl (C=O) groups excluding carboxylic acids is 3. The highest BCUT2D eigenvalue weighted by molar-refractivity contribution is 5.82. The van der Waals surface area contributed by atoms with E-state index in [0.717, 1.165) is 36.2 Å². The summed E-state index contributed by atoms with van der Waals surface area (Å²) < 4.78 is 3.97. The van der Waals surface area contributed by atoms with E-state index in [4.69, 9.17) is 10.8 Å². The van der Waals surface area contributed by atoms with E-state index in [1.165, 1.54) is 30.5 Å². The van der Waals surface area contributed by atoms with Gasteiger partial charge in [-0.15, -0.1) is 0 Å². The van der Waals surface area contributed by atoms with Crippen molar-refractivity contribution < 1.29 is 29.0 Å². The van der Waals surface area contributed by atoms with Gasteiger partial charge in [-0.05, 0) is 70.8 Å².